The monoisotopic (exact) mass is 328 g/mol. The van der Waals surface area contributed by atoms with E-state index in [1.165, 1.54) is 0 Å². The fourth-order valence-corrected chi connectivity index (χ4v) is 2.48. The zero-order valence-electron chi connectivity index (χ0n) is 11.2. The molecule has 1 aromatic carbocycles. The zero-order chi connectivity index (χ0) is 14.1. The van der Waals surface area contributed by atoms with Gasteiger partial charge in [-0.15, -0.1) is 0 Å². The summed E-state index contributed by atoms with van der Waals surface area (Å²) >= 11 is 3.48. The molecule has 3 rings (SSSR count). The highest BCUT2D eigenvalue weighted by Crippen LogP contribution is 2.23. The number of aryl methyl sites for hydroxylation is 2. The summed E-state index contributed by atoms with van der Waals surface area (Å²) < 4.78 is 2.83. The Morgan fingerprint density at radius 3 is 2.65 bits per heavy atom. The summed E-state index contributed by atoms with van der Waals surface area (Å²) in [4.78, 5) is 8.69. The molecule has 0 atom stereocenters. The lowest BCUT2D eigenvalue weighted by Gasteiger charge is -2.02. The van der Waals surface area contributed by atoms with Crippen molar-refractivity contribution in [1.82, 2.24) is 19.7 Å². The highest BCUT2D eigenvalue weighted by Gasteiger charge is 2.06. The Morgan fingerprint density at radius 1 is 1.05 bits per heavy atom. The van der Waals surface area contributed by atoms with Gasteiger partial charge in [-0.2, -0.15) is 5.10 Å². The molecule has 0 unspecified atom stereocenters. The number of aromatic nitrogens is 4. The van der Waals surface area contributed by atoms with E-state index in [9.17, 15) is 0 Å². The van der Waals surface area contributed by atoms with Crippen molar-refractivity contribution in [1.29, 1.82) is 0 Å². The van der Waals surface area contributed by atoms with Crippen molar-refractivity contribution in [3.63, 3.8) is 0 Å². The SMILES string of the molecule is Cc1cc(-n2cc(-c3cccc(Br)c3)cn2)nc(C)n1. The molecule has 0 aliphatic heterocycles. The van der Waals surface area contributed by atoms with Crippen LogP contribution in [-0.2, 0) is 0 Å². The maximum Gasteiger partial charge on any atom is 0.157 e. The van der Waals surface area contributed by atoms with E-state index >= 15 is 0 Å². The summed E-state index contributed by atoms with van der Waals surface area (Å²) in [5.74, 6) is 1.54. The molecule has 0 aliphatic rings. The van der Waals surface area contributed by atoms with Gasteiger partial charge in [0.25, 0.3) is 0 Å². The van der Waals surface area contributed by atoms with Gasteiger partial charge in [0.15, 0.2) is 5.82 Å². The number of benzene rings is 1. The van der Waals surface area contributed by atoms with E-state index in [-0.39, 0.29) is 0 Å². The predicted octanol–water partition coefficient (Wildman–Crippen LogP) is 3.71. The first-order valence-electron chi connectivity index (χ1n) is 6.25. The van der Waals surface area contributed by atoms with Gasteiger partial charge in [-0.3, -0.25) is 0 Å². The molecule has 3 aromatic rings. The summed E-state index contributed by atoms with van der Waals surface area (Å²) in [5, 5.41) is 4.39. The van der Waals surface area contributed by atoms with Crippen LogP contribution in [-0.4, -0.2) is 19.7 Å². The first-order chi connectivity index (χ1) is 9.61. The largest absolute Gasteiger partial charge is 0.238 e. The minimum atomic E-state index is 0.750. The van der Waals surface area contributed by atoms with Crippen LogP contribution in [0.5, 0.6) is 0 Å². The molecule has 100 valence electrons. The van der Waals surface area contributed by atoms with E-state index in [0.717, 1.165) is 32.9 Å². The van der Waals surface area contributed by atoms with Gasteiger partial charge in [0, 0.05) is 28.0 Å². The van der Waals surface area contributed by atoms with Crippen LogP contribution >= 0.6 is 15.9 Å². The van der Waals surface area contributed by atoms with Gasteiger partial charge in [-0.1, -0.05) is 28.1 Å². The van der Waals surface area contributed by atoms with Gasteiger partial charge in [0.2, 0.25) is 0 Å². The van der Waals surface area contributed by atoms with E-state index in [1.54, 1.807) is 4.68 Å². The summed E-state index contributed by atoms with van der Waals surface area (Å²) in [6.07, 6.45) is 3.82. The highest BCUT2D eigenvalue weighted by molar-refractivity contribution is 9.10. The third-order valence-electron chi connectivity index (χ3n) is 2.93. The van der Waals surface area contributed by atoms with Crippen LogP contribution in [0.15, 0.2) is 47.2 Å². The fourth-order valence-electron chi connectivity index (χ4n) is 2.08. The molecule has 20 heavy (non-hydrogen) atoms. The average molecular weight is 329 g/mol. The Labute approximate surface area is 125 Å². The van der Waals surface area contributed by atoms with Crippen LogP contribution < -0.4 is 0 Å². The predicted molar refractivity (Wildman–Crippen MR) is 81.8 cm³/mol. The first kappa shape index (κ1) is 13.0. The second-order valence-electron chi connectivity index (χ2n) is 4.60. The molecule has 5 heteroatoms. The maximum absolute atomic E-state index is 4.41. The van der Waals surface area contributed by atoms with Crippen molar-refractivity contribution in [2.24, 2.45) is 0 Å². The van der Waals surface area contributed by atoms with Gasteiger partial charge in [-0.05, 0) is 31.5 Å². The summed E-state index contributed by atoms with van der Waals surface area (Å²) in [7, 11) is 0. The van der Waals surface area contributed by atoms with Gasteiger partial charge >= 0.3 is 0 Å². The molecule has 0 saturated carbocycles. The molecule has 0 aliphatic carbocycles. The second kappa shape index (κ2) is 5.17. The van der Waals surface area contributed by atoms with Crippen LogP contribution in [0.3, 0.4) is 0 Å². The number of hydrogen-bond donors (Lipinski definition) is 0. The number of halogens is 1. The number of nitrogens with zero attached hydrogens (tertiary/aromatic N) is 4. The van der Waals surface area contributed by atoms with Crippen molar-refractivity contribution >= 4 is 15.9 Å². The van der Waals surface area contributed by atoms with Crippen LogP contribution in [0, 0.1) is 13.8 Å². The van der Waals surface area contributed by atoms with Gasteiger partial charge in [0.1, 0.15) is 5.82 Å². The molecule has 2 aromatic heterocycles. The highest BCUT2D eigenvalue weighted by atomic mass is 79.9. The Kier molecular flexibility index (Phi) is 3.36. The quantitative estimate of drug-likeness (QED) is 0.720. The van der Waals surface area contributed by atoms with Crippen molar-refractivity contribution in [3.8, 4) is 16.9 Å². The van der Waals surface area contributed by atoms with E-state index < -0.39 is 0 Å². The Morgan fingerprint density at radius 2 is 1.90 bits per heavy atom. The first-order valence-corrected chi connectivity index (χ1v) is 7.04. The number of hydrogen-bond acceptors (Lipinski definition) is 3. The Balaban J connectivity index is 2.02. The Bertz CT molecular complexity index is 744. The minimum absolute atomic E-state index is 0.750. The van der Waals surface area contributed by atoms with Crippen LogP contribution in [0.2, 0.25) is 0 Å². The van der Waals surface area contributed by atoms with Crippen molar-refractivity contribution < 1.29 is 0 Å². The van der Waals surface area contributed by atoms with E-state index in [1.807, 2.05) is 44.4 Å². The third kappa shape index (κ3) is 2.63. The molecular formula is C15H13BrN4. The zero-order valence-corrected chi connectivity index (χ0v) is 12.8. The second-order valence-corrected chi connectivity index (χ2v) is 5.51. The van der Waals surface area contributed by atoms with Crippen LogP contribution in [0.4, 0.5) is 0 Å². The third-order valence-corrected chi connectivity index (χ3v) is 3.42. The molecule has 0 fully saturated rings. The molecule has 4 nitrogen and oxygen atoms in total. The van der Waals surface area contributed by atoms with Crippen LogP contribution in [0.25, 0.3) is 16.9 Å². The fraction of sp³-hybridized carbons (Fsp3) is 0.133. The van der Waals surface area contributed by atoms with E-state index in [4.69, 9.17) is 0 Å². The topological polar surface area (TPSA) is 43.6 Å². The molecule has 2 heterocycles. The van der Waals surface area contributed by atoms with Gasteiger partial charge in [0.05, 0.1) is 6.20 Å². The van der Waals surface area contributed by atoms with Crippen molar-refractivity contribution in [2.45, 2.75) is 13.8 Å². The molecule has 0 spiro atoms. The van der Waals surface area contributed by atoms with Gasteiger partial charge < -0.3 is 0 Å². The maximum atomic E-state index is 4.41. The van der Waals surface area contributed by atoms with Crippen LogP contribution in [0.1, 0.15) is 11.5 Å². The van der Waals surface area contributed by atoms with E-state index in [0.29, 0.717) is 0 Å². The lowest BCUT2D eigenvalue weighted by Crippen LogP contribution is -2.02. The molecule has 0 saturated heterocycles. The molecule has 0 radical (unpaired) electrons. The lowest BCUT2D eigenvalue weighted by molar-refractivity contribution is 0.822. The smallest absolute Gasteiger partial charge is 0.157 e. The molecule has 0 amide bonds. The summed E-state index contributed by atoms with van der Waals surface area (Å²) in [6.45, 7) is 3.84. The average Bonchev–Trinajstić information content (AvgIpc) is 2.87. The van der Waals surface area contributed by atoms with Gasteiger partial charge in [-0.25, -0.2) is 14.6 Å². The molecule has 0 N–H and O–H groups in total. The van der Waals surface area contributed by atoms with E-state index in [2.05, 4.69) is 43.1 Å². The summed E-state index contributed by atoms with van der Waals surface area (Å²) in [6, 6.07) is 10.1. The minimum Gasteiger partial charge on any atom is -0.238 e. The lowest BCUT2D eigenvalue weighted by atomic mass is 10.1. The molecule has 0 bridgehead atoms. The number of rotatable bonds is 2. The summed E-state index contributed by atoms with van der Waals surface area (Å²) in [5.41, 5.74) is 3.11. The van der Waals surface area contributed by atoms with Crippen molar-refractivity contribution in [3.05, 3.63) is 58.7 Å². The standard InChI is InChI=1S/C15H13BrN4/c1-10-6-15(19-11(2)18-10)20-9-13(8-17-20)12-4-3-5-14(16)7-12/h3-9H,1-2H3. The normalized spacial score (nSPS) is 10.8. The molecular weight excluding hydrogens is 316 g/mol. The van der Waals surface area contributed by atoms with Crippen molar-refractivity contribution in [2.75, 3.05) is 0 Å². The Hall–Kier alpha value is -2.01.